The lowest BCUT2D eigenvalue weighted by molar-refractivity contribution is -0.127. The zero-order valence-corrected chi connectivity index (χ0v) is 22.3. The van der Waals surface area contributed by atoms with E-state index in [1.807, 2.05) is 6.92 Å². The van der Waals surface area contributed by atoms with Crippen molar-refractivity contribution in [3.8, 4) is 23.0 Å². The highest BCUT2D eigenvalue weighted by Gasteiger charge is 2.36. The van der Waals surface area contributed by atoms with Gasteiger partial charge in [-0.1, -0.05) is 24.3 Å². The minimum absolute atomic E-state index is 0.0132. The zero-order valence-electron chi connectivity index (χ0n) is 21.5. The van der Waals surface area contributed by atoms with Crippen LogP contribution in [0.15, 0.2) is 65.6 Å². The number of fused-ring (bicyclic) bond motifs is 1. The second-order valence-corrected chi connectivity index (χ2v) is 9.69. The van der Waals surface area contributed by atoms with Crippen molar-refractivity contribution in [3.63, 3.8) is 0 Å². The Labute approximate surface area is 233 Å². The normalized spacial score (nSPS) is 15.3. The molecule has 2 aliphatic rings. The summed E-state index contributed by atoms with van der Waals surface area (Å²) in [5.41, 5.74) is 1.45. The van der Waals surface area contributed by atoms with Gasteiger partial charge in [-0.3, -0.25) is 19.3 Å². The number of nitrogens with zero attached hydrogens (tertiary/aromatic N) is 1. The maximum Gasteiger partial charge on any atom is 0.294 e. The summed E-state index contributed by atoms with van der Waals surface area (Å²) in [4.78, 5) is 39.2. The summed E-state index contributed by atoms with van der Waals surface area (Å²) in [5.74, 6) is 0.427. The van der Waals surface area contributed by atoms with Crippen molar-refractivity contribution >= 4 is 40.6 Å². The first-order valence-corrected chi connectivity index (χ1v) is 13.3. The van der Waals surface area contributed by atoms with Crippen molar-refractivity contribution in [2.75, 3.05) is 31.7 Å². The number of imide groups is 1. The fourth-order valence-electron chi connectivity index (χ4n) is 4.03. The van der Waals surface area contributed by atoms with Crippen LogP contribution >= 0.6 is 11.8 Å². The van der Waals surface area contributed by atoms with Gasteiger partial charge in [-0.2, -0.15) is 0 Å². The molecule has 3 amide bonds. The van der Waals surface area contributed by atoms with Crippen LogP contribution in [-0.4, -0.2) is 48.3 Å². The quantitative estimate of drug-likeness (QED) is 0.352. The van der Waals surface area contributed by atoms with Gasteiger partial charge in [0.1, 0.15) is 32.2 Å². The van der Waals surface area contributed by atoms with Gasteiger partial charge in [0, 0.05) is 17.3 Å². The van der Waals surface area contributed by atoms with Gasteiger partial charge in [0.05, 0.1) is 11.5 Å². The van der Waals surface area contributed by atoms with Gasteiger partial charge in [0.15, 0.2) is 23.0 Å². The number of anilines is 1. The molecule has 0 unspecified atom stereocenters. The molecule has 2 aliphatic heterocycles. The molecule has 3 aromatic carbocycles. The van der Waals surface area contributed by atoms with E-state index in [9.17, 15) is 18.8 Å². The number of rotatable bonds is 9. The lowest BCUT2D eigenvalue weighted by atomic mass is 10.1. The largest absolute Gasteiger partial charge is 0.490 e. The van der Waals surface area contributed by atoms with Crippen molar-refractivity contribution in [1.29, 1.82) is 0 Å². The smallest absolute Gasteiger partial charge is 0.294 e. The molecule has 2 heterocycles. The molecule has 9 nitrogen and oxygen atoms in total. The number of ether oxygens (including phenoxy) is 4. The third-order valence-corrected chi connectivity index (χ3v) is 6.82. The molecule has 1 saturated heterocycles. The van der Waals surface area contributed by atoms with Gasteiger partial charge in [-0.25, -0.2) is 4.39 Å². The van der Waals surface area contributed by atoms with E-state index in [1.165, 1.54) is 6.07 Å². The van der Waals surface area contributed by atoms with Crippen LogP contribution in [0.3, 0.4) is 0 Å². The standard InChI is InChI=1S/C29H25FN2O7S/c1-2-36-24-13-18(7-9-23(24)39-17-19-5-3-4-6-21(19)30)14-26-28(34)32(29(35)40-26)16-27(33)31-20-8-10-22-25(15-20)38-12-11-37-22/h3-10,13-15H,2,11-12,16-17H2,1H3,(H,31,33)/b26-14+. The number of nitrogens with one attached hydrogen (secondary N) is 1. The molecule has 0 atom stereocenters. The van der Waals surface area contributed by atoms with Crippen LogP contribution in [0.5, 0.6) is 23.0 Å². The zero-order chi connectivity index (χ0) is 28.1. The number of halogens is 1. The Morgan fingerprint density at radius 2 is 1.82 bits per heavy atom. The molecule has 40 heavy (non-hydrogen) atoms. The van der Waals surface area contributed by atoms with E-state index in [4.69, 9.17) is 18.9 Å². The van der Waals surface area contributed by atoms with E-state index < -0.39 is 23.6 Å². The number of benzene rings is 3. The van der Waals surface area contributed by atoms with Crippen LogP contribution in [0.25, 0.3) is 6.08 Å². The first-order valence-electron chi connectivity index (χ1n) is 12.5. The first-order chi connectivity index (χ1) is 19.4. The van der Waals surface area contributed by atoms with Gasteiger partial charge < -0.3 is 24.3 Å². The van der Waals surface area contributed by atoms with Crippen LogP contribution in [0.1, 0.15) is 18.1 Å². The average Bonchev–Trinajstić information content (AvgIpc) is 3.20. The molecule has 0 spiro atoms. The molecule has 1 N–H and O–H groups in total. The number of carbonyl (C=O) groups is 3. The van der Waals surface area contributed by atoms with Gasteiger partial charge in [-0.15, -0.1) is 0 Å². The summed E-state index contributed by atoms with van der Waals surface area (Å²) < 4.78 is 36.4. The molecule has 206 valence electrons. The SMILES string of the molecule is CCOc1cc(/C=C2/SC(=O)N(CC(=O)Nc3ccc4c(c3)OCCO4)C2=O)ccc1OCc1ccccc1F. The molecular weight excluding hydrogens is 539 g/mol. The van der Waals surface area contributed by atoms with Crippen LogP contribution in [0.2, 0.25) is 0 Å². The molecule has 3 aromatic rings. The lowest BCUT2D eigenvalue weighted by Crippen LogP contribution is -2.36. The number of hydrogen-bond acceptors (Lipinski definition) is 8. The Morgan fingerprint density at radius 1 is 1.02 bits per heavy atom. The minimum atomic E-state index is -0.579. The Hall–Kier alpha value is -4.51. The van der Waals surface area contributed by atoms with Crippen molar-refractivity contribution in [2.24, 2.45) is 0 Å². The molecule has 11 heteroatoms. The molecule has 0 bridgehead atoms. The van der Waals surface area contributed by atoms with Crippen molar-refractivity contribution < 1.29 is 37.7 Å². The summed E-state index contributed by atoms with van der Waals surface area (Å²) in [6.07, 6.45) is 1.55. The van der Waals surface area contributed by atoms with E-state index in [0.29, 0.717) is 59.6 Å². The summed E-state index contributed by atoms with van der Waals surface area (Å²) in [7, 11) is 0. The molecular formula is C29H25FN2O7S. The number of hydrogen-bond donors (Lipinski definition) is 1. The van der Waals surface area contributed by atoms with E-state index >= 15 is 0 Å². The maximum absolute atomic E-state index is 14.0. The predicted molar refractivity (Wildman–Crippen MR) is 147 cm³/mol. The number of amides is 3. The van der Waals surface area contributed by atoms with Gasteiger partial charge in [0.25, 0.3) is 11.1 Å². The van der Waals surface area contributed by atoms with Crippen LogP contribution in [-0.2, 0) is 16.2 Å². The Balaban J connectivity index is 1.25. The van der Waals surface area contributed by atoms with Crippen molar-refractivity contribution in [2.45, 2.75) is 13.5 Å². The summed E-state index contributed by atoms with van der Waals surface area (Å²) in [6.45, 7) is 2.60. The Morgan fingerprint density at radius 3 is 2.62 bits per heavy atom. The highest BCUT2D eigenvalue weighted by Crippen LogP contribution is 2.36. The Kier molecular flexibility index (Phi) is 8.20. The number of carbonyl (C=O) groups excluding carboxylic acids is 3. The van der Waals surface area contributed by atoms with Crippen LogP contribution in [0, 0.1) is 5.82 Å². The topological polar surface area (TPSA) is 103 Å². The summed E-state index contributed by atoms with van der Waals surface area (Å²) in [6, 6.07) is 16.3. The average molecular weight is 565 g/mol. The molecule has 0 saturated carbocycles. The highest BCUT2D eigenvalue weighted by molar-refractivity contribution is 8.18. The monoisotopic (exact) mass is 564 g/mol. The fraction of sp³-hybridized carbons (Fsp3) is 0.207. The molecule has 0 aliphatic carbocycles. The van der Waals surface area contributed by atoms with E-state index in [-0.39, 0.29) is 17.3 Å². The Bertz CT molecular complexity index is 1490. The fourth-order valence-corrected chi connectivity index (χ4v) is 4.86. The minimum Gasteiger partial charge on any atom is -0.490 e. The first kappa shape index (κ1) is 27.1. The highest BCUT2D eigenvalue weighted by atomic mass is 32.2. The number of thioether (sulfide) groups is 1. The lowest BCUT2D eigenvalue weighted by Gasteiger charge is -2.19. The summed E-state index contributed by atoms with van der Waals surface area (Å²) >= 11 is 0.744. The second kappa shape index (κ2) is 12.1. The molecule has 5 rings (SSSR count). The second-order valence-electron chi connectivity index (χ2n) is 8.69. The molecule has 0 aromatic heterocycles. The van der Waals surface area contributed by atoms with E-state index in [0.717, 1.165) is 16.7 Å². The van der Waals surface area contributed by atoms with Crippen LogP contribution < -0.4 is 24.3 Å². The predicted octanol–water partition coefficient (Wildman–Crippen LogP) is 5.25. The van der Waals surface area contributed by atoms with Gasteiger partial charge in [0.2, 0.25) is 5.91 Å². The summed E-state index contributed by atoms with van der Waals surface area (Å²) in [5, 5.41) is 2.12. The van der Waals surface area contributed by atoms with Crippen molar-refractivity contribution in [1.82, 2.24) is 4.90 Å². The third kappa shape index (κ3) is 6.20. The third-order valence-electron chi connectivity index (χ3n) is 5.91. The maximum atomic E-state index is 14.0. The van der Waals surface area contributed by atoms with E-state index in [1.54, 1.807) is 60.7 Å². The van der Waals surface area contributed by atoms with Gasteiger partial charge in [-0.05, 0) is 60.7 Å². The molecule has 1 fully saturated rings. The van der Waals surface area contributed by atoms with Crippen LogP contribution in [0.4, 0.5) is 14.9 Å². The van der Waals surface area contributed by atoms with Gasteiger partial charge >= 0.3 is 0 Å². The molecule has 0 radical (unpaired) electrons. The van der Waals surface area contributed by atoms with Crippen molar-refractivity contribution in [3.05, 3.63) is 82.5 Å². The van der Waals surface area contributed by atoms with E-state index in [2.05, 4.69) is 5.32 Å².